The first-order valence-corrected chi connectivity index (χ1v) is 8.16. The predicted molar refractivity (Wildman–Crippen MR) is 79.1 cm³/mol. The first-order valence-electron chi connectivity index (χ1n) is 6.67. The number of nitrogens with zero attached hydrogens (tertiary/aromatic N) is 1. The van der Waals surface area contributed by atoms with Crippen molar-refractivity contribution in [1.29, 1.82) is 5.26 Å². The molecular formula is C16H14N2O2S. The first kappa shape index (κ1) is 13.8. The van der Waals surface area contributed by atoms with Gasteiger partial charge in [-0.2, -0.15) is 5.26 Å². The van der Waals surface area contributed by atoms with Crippen LogP contribution < -0.4 is 4.72 Å². The van der Waals surface area contributed by atoms with Gasteiger partial charge in [0.25, 0.3) is 0 Å². The molecule has 1 aliphatic carbocycles. The minimum absolute atomic E-state index is 0.0481. The van der Waals surface area contributed by atoms with Gasteiger partial charge < -0.3 is 0 Å². The van der Waals surface area contributed by atoms with Gasteiger partial charge in [-0.05, 0) is 36.2 Å². The number of nitriles is 1. The van der Waals surface area contributed by atoms with Crippen molar-refractivity contribution in [3.05, 3.63) is 65.7 Å². The van der Waals surface area contributed by atoms with Gasteiger partial charge in [-0.25, -0.2) is 13.1 Å². The quantitative estimate of drug-likeness (QED) is 0.942. The van der Waals surface area contributed by atoms with E-state index in [0.29, 0.717) is 5.56 Å². The van der Waals surface area contributed by atoms with Crippen molar-refractivity contribution in [3.63, 3.8) is 0 Å². The molecule has 0 bridgehead atoms. The Kier molecular flexibility index (Phi) is 3.50. The van der Waals surface area contributed by atoms with E-state index in [2.05, 4.69) is 4.72 Å². The van der Waals surface area contributed by atoms with E-state index in [1.807, 2.05) is 36.4 Å². The van der Waals surface area contributed by atoms with E-state index in [9.17, 15) is 8.42 Å². The van der Waals surface area contributed by atoms with Gasteiger partial charge in [0, 0.05) is 12.0 Å². The van der Waals surface area contributed by atoms with Crippen LogP contribution in [0.3, 0.4) is 0 Å². The lowest BCUT2D eigenvalue weighted by molar-refractivity contribution is 0.580. The van der Waals surface area contributed by atoms with E-state index in [4.69, 9.17) is 5.26 Å². The largest absolute Gasteiger partial charge is 0.240 e. The number of benzene rings is 2. The average molecular weight is 298 g/mol. The van der Waals surface area contributed by atoms with Crippen LogP contribution in [-0.2, 0) is 10.0 Å². The van der Waals surface area contributed by atoms with E-state index in [-0.39, 0.29) is 16.9 Å². The summed E-state index contributed by atoms with van der Waals surface area (Å²) in [7, 11) is -3.52. The van der Waals surface area contributed by atoms with E-state index in [1.165, 1.54) is 24.3 Å². The SMILES string of the molecule is N#Cc1ccc(S(=O)(=O)NC2CC2c2ccccc2)cc1. The van der Waals surface area contributed by atoms with Gasteiger partial charge in [-0.15, -0.1) is 0 Å². The maximum atomic E-state index is 12.3. The number of nitrogens with one attached hydrogen (secondary N) is 1. The highest BCUT2D eigenvalue weighted by molar-refractivity contribution is 7.89. The number of hydrogen-bond acceptors (Lipinski definition) is 3. The monoisotopic (exact) mass is 298 g/mol. The van der Waals surface area contributed by atoms with Crippen molar-refractivity contribution >= 4 is 10.0 Å². The lowest BCUT2D eigenvalue weighted by atomic mass is 10.1. The zero-order chi connectivity index (χ0) is 14.9. The first-order chi connectivity index (χ1) is 10.1. The fourth-order valence-electron chi connectivity index (χ4n) is 2.37. The second-order valence-corrected chi connectivity index (χ2v) is 6.83. The number of hydrogen-bond donors (Lipinski definition) is 1. The maximum absolute atomic E-state index is 12.3. The van der Waals surface area contributed by atoms with Gasteiger partial charge in [0.1, 0.15) is 0 Å². The van der Waals surface area contributed by atoms with E-state index in [0.717, 1.165) is 12.0 Å². The predicted octanol–water partition coefficient (Wildman–Crippen LogP) is 2.39. The topological polar surface area (TPSA) is 70.0 Å². The molecule has 0 heterocycles. The normalized spacial score (nSPS) is 20.7. The zero-order valence-corrected chi connectivity index (χ0v) is 12.0. The minimum Gasteiger partial charge on any atom is -0.207 e. The molecule has 21 heavy (non-hydrogen) atoms. The molecule has 2 aromatic carbocycles. The fraction of sp³-hybridized carbons (Fsp3) is 0.188. The summed E-state index contributed by atoms with van der Waals surface area (Å²) in [5.41, 5.74) is 1.60. The second-order valence-electron chi connectivity index (χ2n) is 5.12. The smallest absolute Gasteiger partial charge is 0.207 e. The summed E-state index contributed by atoms with van der Waals surface area (Å²) in [6.07, 6.45) is 0.819. The summed E-state index contributed by atoms with van der Waals surface area (Å²) in [6.45, 7) is 0. The summed E-state index contributed by atoms with van der Waals surface area (Å²) in [5.74, 6) is 0.249. The van der Waals surface area contributed by atoms with Gasteiger partial charge >= 0.3 is 0 Å². The molecule has 0 amide bonds. The van der Waals surface area contributed by atoms with Gasteiger partial charge in [-0.1, -0.05) is 30.3 Å². The Morgan fingerprint density at radius 2 is 1.71 bits per heavy atom. The van der Waals surface area contributed by atoms with Crippen LogP contribution in [0, 0.1) is 11.3 Å². The zero-order valence-electron chi connectivity index (χ0n) is 11.2. The fourth-order valence-corrected chi connectivity index (χ4v) is 3.66. The molecule has 0 aliphatic heterocycles. The van der Waals surface area contributed by atoms with Crippen molar-refractivity contribution < 1.29 is 8.42 Å². The Bertz CT molecular complexity index is 777. The molecule has 0 radical (unpaired) electrons. The third-order valence-corrected chi connectivity index (χ3v) is 5.12. The highest BCUT2D eigenvalue weighted by Gasteiger charge is 2.41. The van der Waals surface area contributed by atoms with Crippen molar-refractivity contribution in [1.82, 2.24) is 4.72 Å². The van der Waals surface area contributed by atoms with Crippen LogP contribution >= 0.6 is 0 Å². The average Bonchev–Trinajstić information content (AvgIpc) is 3.26. The van der Waals surface area contributed by atoms with Gasteiger partial charge in [0.05, 0.1) is 16.5 Å². The van der Waals surface area contributed by atoms with Crippen molar-refractivity contribution in [2.45, 2.75) is 23.3 Å². The van der Waals surface area contributed by atoms with E-state index in [1.54, 1.807) is 0 Å². The Labute approximate surface area is 124 Å². The summed E-state index contributed by atoms with van der Waals surface area (Å²) in [6, 6.07) is 17.8. The molecule has 3 rings (SSSR count). The molecule has 1 N–H and O–H groups in total. The Morgan fingerprint density at radius 1 is 1.05 bits per heavy atom. The van der Waals surface area contributed by atoms with E-state index < -0.39 is 10.0 Å². The molecule has 2 atom stereocenters. The van der Waals surface area contributed by atoms with Crippen LogP contribution in [-0.4, -0.2) is 14.5 Å². The van der Waals surface area contributed by atoms with Crippen LogP contribution in [0.2, 0.25) is 0 Å². The van der Waals surface area contributed by atoms with Crippen LogP contribution in [0.25, 0.3) is 0 Å². The third kappa shape index (κ3) is 2.97. The van der Waals surface area contributed by atoms with Crippen LogP contribution in [0.5, 0.6) is 0 Å². The van der Waals surface area contributed by atoms with Crippen molar-refractivity contribution in [2.24, 2.45) is 0 Å². The van der Waals surface area contributed by atoms with Crippen LogP contribution in [0.4, 0.5) is 0 Å². The summed E-state index contributed by atoms with van der Waals surface area (Å²) >= 11 is 0. The second kappa shape index (κ2) is 5.32. The molecule has 0 aromatic heterocycles. The Morgan fingerprint density at radius 3 is 2.33 bits per heavy atom. The molecule has 0 spiro atoms. The van der Waals surface area contributed by atoms with Gasteiger partial charge in [0.2, 0.25) is 10.0 Å². The molecule has 106 valence electrons. The molecule has 1 saturated carbocycles. The highest BCUT2D eigenvalue weighted by Crippen LogP contribution is 2.41. The third-order valence-electron chi connectivity index (χ3n) is 3.62. The molecular weight excluding hydrogens is 284 g/mol. The number of rotatable bonds is 4. The molecule has 1 aliphatic rings. The van der Waals surface area contributed by atoms with Gasteiger partial charge in [0.15, 0.2) is 0 Å². The van der Waals surface area contributed by atoms with E-state index >= 15 is 0 Å². The number of sulfonamides is 1. The summed E-state index contributed by atoms with van der Waals surface area (Å²) in [5, 5.41) is 8.73. The Balaban J connectivity index is 1.72. The lowest BCUT2D eigenvalue weighted by Gasteiger charge is -2.06. The lowest BCUT2D eigenvalue weighted by Crippen LogP contribution is -2.26. The Hall–Kier alpha value is -2.16. The van der Waals surface area contributed by atoms with Crippen LogP contribution in [0.1, 0.15) is 23.5 Å². The van der Waals surface area contributed by atoms with Gasteiger partial charge in [-0.3, -0.25) is 0 Å². The van der Waals surface area contributed by atoms with Crippen molar-refractivity contribution in [3.8, 4) is 6.07 Å². The maximum Gasteiger partial charge on any atom is 0.240 e. The molecule has 2 unspecified atom stereocenters. The van der Waals surface area contributed by atoms with Crippen LogP contribution in [0.15, 0.2) is 59.5 Å². The summed E-state index contributed by atoms with van der Waals surface area (Å²) < 4.78 is 27.3. The molecule has 4 nitrogen and oxygen atoms in total. The molecule has 5 heteroatoms. The molecule has 1 fully saturated rings. The highest BCUT2D eigenvalue weighted by atomic mass is 32.2. The minimum atomic E-state index is -3.52. The van der Waals surface area contributed by atoms with Crippen molar-refractivity contribution in [2.75, 3.05) is 0 Å². The molecule has 0 saturated heterocycles. The standard InChI is InChI=1S/C16H14N2O2S/c17-11-12-6-8-14(9-7-12)21(19,20)18-16-10-15(16)13-4-2-1-3-5-13/h1-9,15-16,18H,10H2. The summed E-state index contributed by atoms with van der Waals surface area (Å²) in [4.78, 5) is 0.195. The molecule has 2 aromatic rings.